The van der Waals surface area contributed by atoms with Crippen LogP contribution in [0, 0.1) is 12.8 Å². The Morgan fingerprint density at radius 2 is 2.33 bits per heavy atom. The molecule has 1 nitrogen and oxygen atoms in total. The summed E-state index contributed by atoms with van der Waals surface area (Å²) in [5.41, 5.74) is 1.31. The first kappa shape index (κ1) is 9.46. The molecule has 0 amide bonds. The Balaban J connectivity index is 2.64. The number of ketones is 1. The molecule has 1 aromatic heterocycles. The number of carbonyl (C=O) groups is 1. The molecule has 0 radical (unpaired) electrons. The average molecular weight is 182 g/mol. The number of Topliss-reactive ketones (excluding diaryl/α,β-unsaturated/α-hetero) is 1. The van der Waals surface area contributed by atoms with Crippen LogP contribution in [0.1, 0.15) is 24.3 Å². The number of hydrogen-bond donors (Lipinski definition) is 0. The van der Waals surface area contributed by atoms with Crippen molar-refractivity contribution in [1.29, 1.82) is 0 Å². The van der Waals surface area contributed by atoms with Crippen molar-refractivity contribution in [1.82, 2.24) is 0 Å². The lowest BCUT2D eigenvalue weighted by Crippen LogP contribution is -2.08. The molecule has 0 saturated carbocycles. The van der Waals surface area contributed by atoms with Gasteiger partial charge in [0.15, 0.2) is 0 Å². The van der Waals surface area contributed by atoms with Gasteiger partial charge < -0.3 is 0 Å². The smallest absolute Gasteiger partial charge is 0.132 e. The highest BCUT2D eigenvalue weighted by molar-refractivity contribution is 7.10. The van der Waals surface area contributed by atoms with E-state index in [-0.39, 0.29) is 11.7 Å². The van der Waals surface area contributed by atoms with E-state index >= 15 is 0 Å². The van der Waals surface area contributed by atoms with E-state index in [1.54, 1.807) is 18.3 Å². The number of aryl methyl sites for hydroxylation is 1. The van der Waals surface area contributed by atoms with Gasteiger partial charge in [-0.05, 0) is 37.3 Å². The van der Waals surface area contributed by atoms with Gasteiger partial charge in [0, 0.05) is 10.8 Å². The fourth-order valence-electron chi connectivity index (χ4n) is 1.04. The van der Waals surface area contributed by atoms with Crippen LogP contribution in [0.25, 0.3) is 0 Å². The van der Waals surface area contributed by atoms with Gasteiger partial charge in [-0.1, -0.05) is 6.92 Å². The molecule has 1 heterocycles. The van der Waals surface area contributed by atoms with Crippen molar-refractivity contribution in [2.75, 3.05) is 0 Å². The fraction of sp³-hybridized carbons (Fsp3) is 0.500. The molecule has 0 aliphatic carbocycles. The third-order valence-corrected chi connectivity index (χ3v) is 3.20. The summed E-state index contributed by atoms with van der Waals surface area (Å²) < 4.78 is 0. The van der Waals surface area contributed by atoms with Gasteiger partial charge in [-0.2, -0.15) is 0 Å². The second kappa shape index (κ2) is 3.85. The maximum Gasteiger partial charge on any atom is 0.132 e. The summed E-state index contributed by atoms with van der Waals surface area (Å²) >= 11 is 1.74. The highest BCUT2D eigenvalue weighted by Gasteiger charge is 2.10. The molecule has 1 atom stereocenters. The van der Waals surface area contributed by atoms with Crippen molar-refractivity contribution in [2.24, 2.45) is 5.92 Å². The quantitative estimate of drug-likeness (QED) is 0.702. The molecule has 0 N–H and O–H groups in total. The minimum Gasteiger partial charge on any atom is -0.300 e. The highest BCUT2D eigenvalue weighted by atomic mass is 32.1. The van der Waals surface area contributed by atoms with Crippen LogP contribution in [0.4, 0.5) is 0 Å². The molecule has 1 unspecified atom stereocenters. The zero-order valence-electron chi connectivity index (χ0n) is 7.76. The van der Waals surface area contributed by atoms with Crippen molar-refractivity contribution in [3.8, 4) is 0 Å². The lowest BCUT2D eigenvalue weighted by Gasteiger charge is -2.05. The Hall–Kier alpha value is -0.630. The number of thiophene rings is 1. The molecule has 1 rings (SSSR count). The molecule has 0 aliphatic rings. The molecule has 2 heteroatoms. The molecular weight excluding hydrogens is 168 g/mol. The molecular formula is C10H14OS. The van der Waals surface area contributed by atoms with E-state index in [1.165, 1.54) is 10.4 Å². The maximum atomic E-state index is 11.0. The summed E-state index contributed by atoms with van der Waals surface area (Å²) in [7, 11) is 0. The average Bonchev–Trinajstić information content (AvgIpc) is 2.36. The zero-order valence-corrected chi connectivity index (χ0v) is 8.57. The largest absolute Gasteiger partial charge is 0.300 e. The second-order valence-electron chi connectivity index (χ2n) is 3.24. The molecule has 12 heavy (non-hydrogen) atoms. The van der Waals surface area contributed by atoms with E-state index < -0.39 is 0 Å². The Morgan fingerprint density at radius 3 is 2.75 bits per heavy atom. The minimum absolute atomic E-state index is 0.169. The van der Waals surface area contributed by atoms with E-state index in [1.807, 2.05) is 6.92 Å². The summed E-state index contributed by atoms with van der Waals surface area (Å²) in [6.07, 6.45) is 0.902. The zero-order chi connectivity index (χ0) is 9.14. The summed E-state index contributed by atoms with van der Waals surface area (Å²) in [6, 6.07) is 2.10. The number of carbonyl (C=O) groups excluding carboxylic acids is 1. The van der Waals surface area contributed by atoms with Crippen molar-refractivity contribution in [2.45, 2.75) is 27.2 Å². The molecule has 0 saturated heterocycles. The van der Waals surface area contributed by atoms with Gasteiger partial charge in [-0.25, -0.2) is 0 Å². The molecule has 0 spiro atoms. The predicted octanol–water partition coefficient (Wildman–Crippen LogP) is 2.82. The first-order valence-corrected chi connectivity index (χ1v) is 5.02. The summed E-state index contributed by atoms with van der Waals surface area (Å²) in [5, 5.41) is 2.08. The highest BCUT2D eigenvalue weighted by Crippen LogP contribution is 2.19. The van der Waals surface area contributed by atoms with E-state index in [0.717, 1.165) is 6.42 Å². The topological polar surface area (TPSA) is 17.1 Å². The standard InChI is InChI=1S/C10H14OS/c1-7-4-5-12-10(7)6-8(2)9(3)11/h4-5,8H,6H2,1-3H3. The van der Waals surface area contributed by atoms with Crippen LogP contribution in [-0.4, -0.2) is 5.78 Å². The predicted molar refractivity (Wildman–Crippen MR) is 52.6 cm³/mol. The maximum absolute atomic E-state index is 11.0. The van der Waals surface area contributed by atoms with E-state index in [0.29, 0.717) is 0 Å². The van der Waals surface area contributed by atoms with Crippen LogP contribution in [0.5, 0.6) is 0 Å². The second-order valence-corrected chi connectivity index (χ2v) is 4.24. The van der Waals surface area contributed by atoms with Gasteiger partial charge in [-0.3, -0.25) is 4.79 Å². The van der Waals surface area contributed by atoms with E-state index in [2.05, 4.69) is 18.4 Å². The SMILES string of the molecule is CC(=O)C(C)Cc1sccc1C. The van der Waals surface area contributed by atoms with Crippen LogP contribution >= 0.6 is 11.3 Å². The van der Waals surface area contributed by atoms with Crippen LogP contribution in [0.15, 0.2) is 11.4 Å². The number of rotatable bonds is 3. The Kier molecular flexibility index (Phi) is 3.04. The van der Waals surface area contributed by atoms with Crippen LogP contribution in [0.3, 0.4) is 0 Å². The van der Waals surface area contributed by atoms with Crippen molar-refractivity contribution in [3.63, 3.8) is 0 Å². The van der Waals surface area contributed by atoms with Crippen LogP contribution < -0.4 is 0 Å². The minimum atomic E-state index is 0.169. The van der Waals surface area contributed by atoms with Gasteiger partial charge in [0.05, 0.1) is 0 Å². The summed E-state index contributed by atoms with van der Waals surface area (Å²) in [4.78, 5) is 12.3. The third kappa shape index (κ3) is 2.18. The normalized spacial score (nSPS) is 12.9. The summed E-state index contributed by atoms with van der Waals surface area (Å²) in [5.74, 6) is 0.449. The Morgan fingerprint density at radius 1 is 1.67 bits per heavy atom. The third-order valence-electron chi connectivity index (χ3n) is 2.15. The number of hydrogen-bond acceptors (Lipinski definition) is 2. The molecule has 1 aromatic rings. The van der Waals surface area contributed by atoms with E-state index in [4.69, 9.17) is 0 Å². The van der Waals surface area contributed by atoms with Crippen molar-refractivity contribution >= 4 is 17.1 Å². The summed E-state index contributed by atoms with van der Waals surface area (Å²) in [6.45, 7) is 5.74. The van der Waals surface area contributed by atoms with Gasteiger partial charge in [0.25, 0.3) is 0 Å². The molecule has 0 aliphatic heterocycles. The molecule has 0 fully saturated rings. The van der Waals surface area contributed by atoms with Gasteiger partial charge in [0.1, 0.15) is 5.78 Å². The molecule has 0 bridgehead atoms. The van der Waals surface area contributed by atoms with Crippen LogP contribution in [-0.2, 0) is 11.2 Å². The van der Waals surface area contributed by atoms with Crippen molar-refractivity contribution < 1.29 is 4.79 Å². The Bertz CT molecular complexity index is 275. The molecule has 0 aromatic carbocycles. The molecule has 66 valence electrons. The first-order chi connectivity index (χ1) is 5.61. The monoisotopic (exact) mass is 182 g/mol. The lowest BCUT2D eigenvalue weighted by molar-refractivity contribution is -0.120. The van der Waals surface area contributed by atoms with Gasteiger partial charge in [-0.15, -0.1) is 11.3 Å². The fourth-order valence-corrected chi connectivity index (χ4v) is 2.07. The van der Waals surface area contributed by atoms with E-state index in [9.17, 15) is 4.79 Å². The Labute approximate surface area is 77.4 Å². The first-order valence-electron chi connectivity index (χ1n) is 4.14. The van der Waals surface area contributed by atoms with Crippen molar-refractivity contribution in [3.05, 3.63) is 21.9 Å². The lowest BCUT2D eigenvalue weighted by atomic mass is 10.0. The van der Waals surface area contributed by atoms with Gasteiger partial charge >= 0.3 is 0 Å². The van der Waals surface area contributed by atoms with Crippen LogP contribution in [0.2, 0.25) is 0 Å². The van der Waals surface area contributed by atoms with Gasteiger partial charge in [0.2, 0.25) is 0 Å².